The van der Waals surface area contributed by atoms with Gasteiger partial charge in [0.15, 0.2) is 0 Å². The second-order valence-electron chi connectivity index (χ2n) is 7.39. The smallest absolute Gasteiger partial charge is 0.412 e. The van der Waals surface area contributed by atoms with E-state index in [1.54, 1.807) is 34.0 Å². The molecule has 0 atom stereocenters. The quantitative estimate of drug-likeness (QED) is 0.681. The fourth-order valence-electron chi connectivity index (χ4n) is 2.45. The number of carbonyl (C=O) groups excluding carboxylic acids is 2. The maximum Gasteiger partial charge on any atom is 0.412 e. The maximum absolute atomic E-state index is 14.0. The van der Waals surface area contributed by atoms with E-state index >= 15 is 0 Å². The Morgan fingerprint density at radius 3 is 2.45 bits per heavy atom. The van der Waals surface area contributed by atoms with Gasteiger partial charge in [-0.1, -0.05) is 11.6 Å². The van der Waals surface area contributed by atoms with Crippen LogP contribution in [0.25, 0.3) is 6.08 Å². The van der Waals surface area contributed by atoms with E-state index in [0.29, 0.717) is 11.4 Å². The zero-order valence-electron chi connectivity index (χ0n) is 17.1. The maximum atomic E-state index is 14.0. The molecule has 0 aliphatic heterocycles. The summed E-state index contributed by atoms with van der Waals surface area (Å²) < 4.78 is 24.4. The zero-order valence-corrected chi connectivity index (χ0v) is 17.1. The van der Waals surface area contributed by atoms with Crippen LogP contribution in [0.1, 0.15) is 31.9 Å². The van der Waals surface area contributed by atoms with Gasteiger partial charge in [-0.25, -0.2) is 9.18 Å². The molecule has 154 valence electrons. The minimum absolute atomic E-state index is 0.0959. The third-order valence-corrected chi connectivity index (χ3v) is 3.67. The fraction of sp³-hybridized carbons (Fsp3) is 0.273. The number of nitrogens with one attached hydrogen (secondary N) is 2. The van der Waals surface area contributed by atoms with Gasteiger partial charge in [0.25, 0.3) is 0 Å². The van der Waals surface area contributed by atoms with Crippen molar-refractivity contribution < 1.29 is 23.5 Å². The molecule has 7 heteroatoms. The molecule has 6 nitrogen and oxygen atoms in total. The Bertz CT molecular complexity index is 933. The van der Waals surface area contributed by atoms with Crippen LogP contribution in [0, 0.1) is 12.7 Å². The molecule has 2 aromatic rings. The second kappa shape index (κ2) is 9.23. The van der Waals surface area contributed by atoms with E-state index in [4.69, 9.17) is 9.47 Å². The fourth-order valence-corrected chi connectivity index (χ4v) is 2.45. The SMILES string of the molecule is COc1ccc(C)cc1/C=C/C(=O)Nc1ccc(F)c(NC(=O)OC(C)(C)C)c1. The molecule has 0 aliphatic carbocycles. The number of hydrogen-bond acceptors (Lipinski definition) is 4. The lowest BCUT2D eigenvalue weighted by Gasteiger charge is -2.20. The Morgan fingerprint density at radius 1 is 1.07 bits per heavy atom. The lowest BCUT2D eigenvalue weighted by Crippen LogP contribution is -2.27. The lowest BCUT2D eigenvalue weighted by atomic mass is 10.1. The van der Waals surface area contributed by atoms with Gasteiger partial charge >= 0.3 is 6.09 Å². The molecule has 0 heterocycles. The van der Waals surface area contributed by atoms with Crippen LogP contribution < -0.4 is 15.4 Å². The van der Waals surface area contributed by atoms with Gasteiger partial charge in [0.1, 0.15) is 17.2 Å². The Kier molecular flexibility index (Phi) is 6.98. The molecule has 0 fully saturated rings. The first-order chi connectivity index (χ1) is 13.6. The third-order valence-electron chi connectivity index (χ3n) is 3.67. The van der Waals surface area contributed by atoms with Crippen LogP contribution in [0.2, 0.25) is 0 Å². The number of hydrogen-bond donors (Lipinski definition) is 2. The highest BCUT2D eigenvalue weighted by Gasteiger charge is 2.17. The zero-order chi connectivity index (χ0) is 21.6. The van der Waals surface area contributed by atoms with Crippen LogP contribution in [0.15, 0.2) is 42.5 Å². The van der Waals surface area contributed by atoms with Crippen molar-refractivity contribution in [3.8, 4) is 5.75 Å². The topological polar surface area (TPSA) is 76.7 Å². The average Bonchev–Trinajstić information content (AvgIpc) is 2.61. The van der Waals surface area contributed by atoms with E-state index in [2.05, 4.69) is 10.6 Å². The third kappa shape index (κ3) is 6.95. The molecule has 0 spiro atoms. The number of methoxy groups -OCH3 is 1. The minimum Gasteiger partial charge on any atom is -0.496 e. The monoisotopic (exact) mass is 400 g/mol. The summed E-state index contributed by atoms with van der Waals surface area (Å²) in [4.78, 5) is 24.1. The number of ether oxygens (including phenoxy) is 2. The molecule has 0 saturated carbocycles. The molecule has 0 unspecified atom stereocenters. The van der Waals surface area contributed by atoms with Crippen LogP contribution in [0.5, 0.6) is 5.75 Å². The van der Waals surface area contributed by atoms with Crippen molar-refractivity contribution in [3.63, 3.8) is 0 Å². The average molecular weight is 400 g/mol. The summed E-state index contributed by atoms with van der Waals surface area (Å²) in [6.07, 6.45) is 2.19. The lowest BCUT2D eigenvalue weighted by molar-refractivity contribution is -0.111. The summed E-state index contributed by atoms with van der Waals surface area (Å²) >= 11 is 0. The number of aryl methyl sites for hydroxylation is 1. The Morgan fingerprint density at radius 2 is 1.79 bits per heavy atom. The van der Waals surface area contributed by atoms with Crippen LogP contribution in [-0.4, -0.2) is 24.7 Å². The Labute approximate surface area is 169 Å². The number of amides is 2. The van der Waals surface area contributed by atoms with Gasteiger partial charge < -0.3 is 14.8 Å². The highest BCUT2D eigenvalue weighted by Crippen LogP contribution is 2.22. The van der Waals surface area contributed by atoms with Gasteiger partial charge in [0.05, 0.1) is 12.8 Å². The number of rotatable bonds is 5. The summed E-state index contributed by atoms with van der Waals surface area (Å²) in [5.41, 5.74) is 1.30. The molecular formula is C22H25FN2O4. The highest BCUT2D eigenvalue weighted by molar-refractivity contribution is 6.02. The van der Waals surface area contributed by atoms with Crippen LogP contribution >= 0.6 is 0 Å². The minimum atomic E-state index is -0.786. The predicted octanol–water partition coefficient (Wildman–Crippen LogP) is 5.14. The van der Waals surface area contributed by atoms with Crippen molar-refractivity contribution in [3.05, 3.63) is 59.4 Å². The van der Waals surface area contributed by atoms with Gasteiger partial charge in [-0.3, -0.25) is 10.1 Å². The molecule has 0 bridgehead atoms. The van der Waals surface area contributed by atoms with Crippen LogP contribution in [0.4, 0.5) is 20.6 Å². The highest BCUT2D eigenvalue weighted by atomic mass is 19.1. The molecule has 29 heavy (non-hydrogen) atoms. The molecule has 0 aliphatic rings. The number of benzene rings is 2. The largest absolute Gasteiger partial charge is 0.496 e. The van der Waals surface area contributed by atoms with E-state index in [-0.39, 0.29) is 5.69 Å². The summed E-state index contributed by atoms with van der Waals surface area (Å²) in [7, 11) is 1.56. The normalized spacial score (nSPS) is 11.2. The molecular weight excluding hydrogens is 375 g/mol. The van der Waals surface area contributed by atoms with Crippen molar-refractivity contribution in [2.75, 3.05) is 17.7 Å². The summed E-state index contributed by atoms with van der Waals surface area (Å²) in [6.45, 7) is 7.05. The first-order valence-electron chi connectivity index (χ1n) is 9.00. The number of carbonyl (C=O) groups is 2. The van der Waals surface area contributed by atoms with Gasteiger partial charge in [-0.15, -0.1) is 0 Å². The molecule has 2 rings (SSSR count). The van der Waals surface area contributed by atoms with Gasteiger partial charge in [-0.2, -0.15) is 0 Å². The summed E-state index contributed by atoms with van der Waals surface area (Å²) in [5.74, 6) is -0.414. The van der Waals surface area contributed by atoms with E-state index in [0.717, 1.165) is 17.2 Å². The van der Waals surface area contributed by atoms with Crippen molar-refractivity contribution in [2.24, 2.45) is 0 Å². The Hall–Kier alpha value is -3.35. The molecule has 0 radical (unpaired) electrons. The van der Waals surface area contributed by atoms with Crippen molar-refractivity contribution in [1.29, 1.82) is 0 Å². The molecule has 2 amide bonds. The standard InChI is InChI=1S/C22H25FN2O4/c1-14-6-10-19(28-5)15(12-14)7-11-20(26)24-16-8-9-17(23)18(13-16)25-21(27)29-22(2,3)4/h6-13H,1-5H3,(H,24,26)(H,25,27)/b11-7+. The summed E-state index contributed by atoms with van der Waals surface area (Å²) in [6, 6.07) is 9.49. The molecule has 2 aromatic carbocycles. The number of halogens is 1. The van der Waals surface area contributed by atoms with E-state index in [9.17, 15) is 14.0 Å². The van der Waals surface area contributed by atoms with Crippen molar-refractivity contribution >= 4 is 29.5 Å². The van der Waals surface area contributed by atoms with E-state index < -0.39 is 23.4 Å². The molecule has 2 N–H and O–H groups in total. The van der Waals surface area contributed by atoms with Crippen molar-refractivity contribution in [1.82, 2.24) is 0 Å². The summed E-state index contributed by atoms with van der Waals surface area (Å²) in [5, 5.41) is 4.97. The predicted molar refractivity (Wildman–Crippen MR) is 112 cm³/mol. The second-order valence-corrected chi connectivity index (χ2v) is 7.39. The number of anilines is 2. The van der Waals surface area contributed by atoms with Crippen LogP contribution in [0.3, 0.4) is 0 Å². The van der Waals surface area contributed by atoms with E-state index in [1.165, 1.54) is 18.2 Å². The van der Waals surface area contributed by atoms with E-state index in [1.807, 2.05) is 25.1 Å². The van der Waals surface area contributed by atoms with Gasteiger partial charge in [-0.05, 0) is 64.1 Å². The first-order valence-corrected chi connectivity index (χ1v) is 9.00. The Balaban J connectivity index is 2.09. The van der Waals surface area contributed by atoms with Gasteiger partial charge in [0, 0.05) is 17.3 Å². The van der Waals surface area contributed by atoms with Crippen LogP contribution in [-0.2, 0) is 9.53 Å². The molecule has 0 aromatic heterocycles. The first kappa shape index (κ1) is 21.9. The molecule has 0 saturated heterocycles. The van der Waals surface area contributed by atoms with Crippen molar-refractivity contribution in [2.45, 2.75) is 33.3 Å². The van der Waals surface area contributed by atoms with Gasteiger partial charge in [0.2, 0.25) is 5.91 Å².